The second-order valence-electron chi connectivity index (χ2n) is 5.90. The van der Waals surface area contributed by atoms with Crippen LogP contribution in [-0.2, 0) is 12.7 Å². The third kappa shape index (κ3) is 3.46. The van der Waals surface area contributed by atoms with Crippen molar-refractivity contribution in [2.24, 2.45) is 5.73 Å². The van der Waals surface area contributed by atoms with Crippen LogP contribution < -0.4 is 10.5 Å². The van der Waals surface area contributed by atoms with Crippen molar-refractivity contribution < 1.29 is 17.9 Å². The molecule has 0 amide bonds. The van der Waals surface area contributed by atoms with Crippen LogP contribution in [0.15, 0.2) is 42.5 Å². The van der Waals surface area contributed by atoms with Gasteiger partial charge in [-0.15, -0.1) is 0 Å². The first-order valence-corrected chi connectivity index (χ1v) is 7.75. The summed E-state index contributed by atoms with van der Waals surface area (Å²) in [5.41, 5.74) is 7.10. The molecular weight excluding hydrogens is 331 g/mol. The van der Waals surface area contributed by atoms with Crippen LogP contribution in [0, 0.1) is 0 Å². The molecule has 1 aromatic heterocycles. The standard InChI is InChI=1S/C18H18F3N3O/c1-11(22)17-23-15-9-13(18(19,20)21)6-7-16(15)24(17)10-12-4-3-5-14(8-12)25-2/h3-9,11H,10,22H2,1-2H3/t11-/m0/s1. The van der Waals surface area contributed by atoms with Crippen molar-refractivity contribution in [1.82, 2.24) is 9.55 Å². The van der Waals surface area contributed by atoms with E-state index in [9.17, 15) is 13.2 Å². The highest BCUT2D eigenvalue weighted by Gasteiger charge is 2.31. The molecule has 0 aliphatic rings. The fourth-order valence-corrected chi connectivity index (χ4v) is 2.79. The van der Waals surface area contributed by atoms with Crippen molar-refractivity contribution >= 4 is 11.0 Å². The number of benzene rings is 2. The van der Waals surface area contributed by atoms with E-state index in [-0.39, 0.29) is 5.52 Å². The molecule has 0 aliphatic heterocycles. The van der Waals surface area contributed by atoms with Crippen molar-refractivity contribution in [2.45, 2.75) is 25.7 Å². The molecule has 0 saturated carbocycles. The molecule has 2 N–H and O–H groups in total. The van der Waals surface area contributed by atoms with E-state index in [1.807, 2.05) is 28.8 Å². The third-order valence-electron chi connectivity index (χ3n) is 3.99. The van der Waals surface area contributed by atoms with Gasteiger partial charge in [0.15, 0.2) is 0 Å². The monoisotopic (exact) mass is 349 g/mol. The van der Waals surface area contributed by atoms with Gasteiger partial charge in [-0.25, -0.2) is 4.98 Å². The molecule has 0 bridgehead atoms. The van der Waals surface area contributed by atoms with Gasteiger partial charge in [0.25, 0.3) is 0 Å². The predicted molar refractivity (Wildman–Crippen MR) is 89.4 cm³/mol. The molecule has 0 aliphatic carbocycles. The van der Waals surface area contributed by atoms with Gasteiger partial charge in [0.1, 0.15) is 11.6 Å². The molecular formula is C18H18F3N3O. The average molecular weight is 349 g/mol. The zero-order chi connectivity index (χ0) is 18.2. The zero-order valence-corrected chi connectivity index (χ0v) is 13.8. The maximum atomic E-state index is 12.9. The first-order valence-electron chi connectivity index (χ1n) is 7.75. The smallest absolute Gasteiger partial charge is 0.416 e. The minimum absolute atomic E-state index is 0.282. The number of methoxy groups -OCH3 is 1. The van der Waals surface area contributed by atoms with Crippen molar-refractivity contribution in [1.29, 1.82) is 0 Å². The van der Waals surface area contributed by atoms with Crippen molar-refractivity contribution in [3.05, 3.63) is 59.4 Å². The molecule has 1 heterocycles. The minimum Gasteiger partial charge on any atom is -0.497 e. The van der Waals surface area contributed by atoms with Crippen molar-refractivity contribution in [2.75, 3.05) is 7.11 Å². The number of hydrogen-bond acceptors (Lipinski definition) is 3. The molecule has 0 unspecified atom stereocenters. The molecule has 4 nitrogen and oxygen atoms in total. The number of rotatable bonds is 4. The Morgan fingerprint density at radius 2 is 1.96 bits per heavy atom. The number of aromatic nitrogens is 2. The molecule has 0 saturated heterocycles. The number of alkyl halides is 3. The van der Waals surface area contributed by atoms with Crippen molar-refractivity contribution in [3.8, 4) is 5.75 Å². The number of ether oxygens (including phenoxy) is 1. The first-order chi connectivity index (χ1) is 11.8. The van der Waals surface area contributed by atoms with Crippen LogP contribution in [0.1, 0.15) is 29.9 Å². The summed E-state index contributed by atoms with van der Waals surface area (Å²) in [5, 5.41) is 0. The molecule has 132 valence electrons. The fourth-order valence-electron chi connectivity index (χ4n) is 2.79. The van der Waals surface area contributed by atoms with Crippen LogP contribution >= 0.6 is 0 Å². The number of fused-ring (bicyclic) bond motifs is 1. The fraction of sp³-hybridized carbons (Fsp3) is 0.278. The SMILES string of the molecule is COc1cccc(Cn2c([C@H](C)N)nc3cc(C(F)(F)F)ccc32)c1. The van der Waals surface area contributed by atoms with E-state index in [2.05, 4.69) is 4.98 Å². The second-order valence-corrected chi connectivity index (χ2v) is 5.90. The molecule has 0 fully saturated rings. The number of imidazole rings is 1. The lowest BCUT2D eigenvalue weighted by atomic mass is 10.1. The highest BCUT2D eigenvalue weighted by Crippen LogP contribution is 2.32. The van der Waals surface area contributed by atoms with E-state index < -0.39 is 17.8 Å². The maximum Gasteiger partial charge on any atom is 0.416 e. The first kappa shape index (κ1) is 17.3. The quantitative estimate of drug-likeness (QED) is 0.770. The van der Waals surface area contributed by atoms with E-state index >= 15 is 0 Å². The lowest BCUT2D eigenvalue weighted by Crippen LogP contribution is -2.14. The summed E-state index contributed by atoms with van der Waals surface area (Å²) in [6, 6.07) is 10.6. The Morgan fingerprint density at radius 1 is 1.20 bits per heavy atom. The lowest BCUT2D eigenvalue weighted by Gasteiger charge is -2.12. The van der Waals surface area contributed by atoms with Gasteiger partial charge in [0, 0.05) is 6.54 Å². The van der Waals surface area contributed by atoms with E-state index in [0.717, 1.165) is 17.7 Å². The van der Waals surface area contributed by atoms with Gasteiger partial charge in [0.2, 0.25) is 0 Å². The Morgan fingerprint density at radius 3 is 2.60 bits per heavy atom. The largest absolute Gasteiger partial charge is 0.497 e. The molecule has 25 heavy (non-hydrogen) atoms. The van der Waals surface area contributed by atoms with Crippen LogP contribution in [-0.4, -0.2) is 16.7 Å². The zero-order valence-electron chi connectivity index (χ0n) is 13.8. The number of nitrogens with zero attached hydrogens (tertiary/aromatic N) is 2. The normalized spacial score (nSPS) is 13.2. The predicted octanol–water partition coefficient (Wildman–Crippen LogP) is 4.13. The Kier molecular flexibility index (Phi) is 4.43. The summed E-state index contributed by atoms with van der Waals surface area (Å²) in [7, 11) is 1.58. The molecule has 2 aromatic carbocycles. The van der Waals surface area contributed by atoms with E-state index in [0.29, 0.717) is 23.6 Å². The van der Waals surface area contributed by atoms with Crippen LogP contribution in [0.4, 0.5) is 13.2 Å². The van der Waals surface area contributed by atoms with Gasteiger partial charge in [0.05, 0.1) is 29.7 Å². The van der Waals surface area contributed by atoms with Gasteiger partial charge in [-0.3, -0.25) is 0 Å². The van der Waals surface area contributed by atoms with Gasteiger partial charge < -0.3 is 15.0 Å². The average Bonchev–Trinajstić information content (AvgIpc) is 2.92. The molecule has 1 atom stereocenters. The van der Waals surface area contributed by atoms with Crippen LogP contribution in [0.5, 0.6) is 5.75 Å². The van der Waals surface area contributed by atoms with Crippen LogP contribution in [0.3, 0.4) is 0 Å². The summed E-state index contributed by atoms with van der Waals surface area (Å²) in [6.45, 7) is 2.20. The summed E-state index contributed by atoms with van der Waals surface area (Å²) in [4.78, 5) is 4.33. The topological polar surface area (TPSA) is 53.1 Å². The van der Waals surface area contributed by atoms with Gasteiger partial charge in [-0.1, -0.05) is 12.1 Å². The second kappa shape index (κ2) is 6.40. The molecule has 0 radical (unpaired) electrons. The molecule has 3 aromatic rings. The van der Waals surface area contributed by atoms with Gasteiger partial charge in [-0.2, -0.15) is 13.2 Å². The van der Waals surface area contributed by atoms with E-state index in [4.69, 9.17) is 10.5 Å². The molecule has 3 rings (SSSR count). The Hall–Kier alpha value is -2.54. The third-order valence-corrected chi connectivity index (χ3v) is 3.99. The highest BCUT2D eigenvalue weighted by atomic mass is 19.4. The molecule has 7 heteroatoms. The maximum absolute atomic E-state index is 12.9. The number of halogens is 3. The molecule has 0 spiro atoms. The highest BCUT2D eigenvalue weighted by molar-refractivity contribution is 5.77. The number of nitrogens with two attached hydrogens (primary N) is 1. The summed E-state index contributed by atoms with van der Waals surface area (Å²) in [5.74, 6) is 1.25. The number of hydrogen-bond donors (Lipinski definition) is 1. The Labute approximate surface area is 143 Å². The minimum atomic E-state index is -4.40. The summed E-state index contributed by atoms with van der Waals surface area (Å²) in [6.07, 6.45) is -4.40. The summed E-state index contributed by atoms with van der Waals surface area (Å²) >= 11 is 0. The van der Waals surface area contributed by atoms with Crippen molar-refractivity contribution in [3.63, 3.8) is 0 Å². The Balaban J connectivity index is 2.10. The Bertz CT molecular complexity index is 900. The van der Waals surface area contributed by atoms with Gasteiger partial charge >= 0.3 is 6.18 Å². The van der Waals surface area contributed by atoms with Crippen LogP contribution in [0.25, 0.3) is 11.0 Å². The van der Waals surface area contributed by atoms with E-state index in [1.165, 1.54) is 6.07 Å². The van der Waals surface area contributed by atoms with E-state index in [1.54, 1.807) is 14.0 Å². The lowest BCUT2D eigenvalue weighted by molar-refractivity contribution is -0.137. The van der Waals surface area contributed by atoms with Crippen LogP contribution in [0.2, 0.25) is 0 Å². The van der Waals surface area contributed by atoms with Gasteiger partial charge in [-0.05, 0) is 42.8 Å². The summed E-state index contributed by atoms with van der Waals surface area (Å²) < 4.78 is 45.9.